The largest absolute Gasteiger partial charge is 0.345 e. The molecule has 2 nitrogen and oxygen atoms in total. The van der Waals surface area contributed by atoms with Gasteiger partial charge in [0.05, 0.1) is 5.56 Å². The number of halogens is 2. The topological polar surface area (TPSA) is 28.7 Å². The van der Waals surface area contributed by atoms with Crippen molar-refractivity contribution in [1.29, 1.82) is 0 Å². The minimum Gasteiger partial charge on any atom is -0.345 e. The molecule has 1 aromatic heterocycles. The standard InChI is InChI=1S/C10H8F2N2/c1-6-2-3-7(9(12)8(6)11)10-13-4-5-14-10/h2-5H,1H3,(H,13,14). The first-order valence-corrected chi connectivity index (χ1v) is 4.14. The summed E-state index contributed by atoms with van der Waals surface area (Å²) in [6.07, 6.45) is 3.05. The molecule has 72 valence electrons. The van der Waals surface area contributed by atoms with Gasteiger partial charge in [-0.3, -0.25) is 0 Å². The Kier molecular flexibility index (Phi) is 2.04. The van der Waals surface area contributed by atoms with Crippen molar-refractivity contribution in [1.82, 2.24) is 9.97 Å². The van der Waals surface area contributed by atoms with E-state index in [9.17, 15) is 8.78 Å². The van der Waals surface area contributed by atoms with Crippen LogP contribution in [0.3, 0.4) is 0 Å². The third-order valence-electron chi connectivity index (χ3n) is 2.03. The van der Waals surface area contributed by atoms with Gasteiger partial charge in [0.25, 0.3) is 0 Å². The molecule has 0 atom stereocenters. The summed E-state index contributed by atoms with van der Waals surface area (Å²) in [4.78, 5) is 6.58. The van der Waals surface area contributed by atoms with Crippen molar-refractivity contribution in [3.05, 3.63) is 41.7 Å². The first-order chi connectivity index (χ1) is 6.70. The average molecular weight is 194 g/mol. The van der Waals surface area contributed by atoms with E-state index in [1.807, 2.05) is 0 Å². The lowest BCUT2D eigenvalue weighted by Crippen LogP contribution is -1.93. The SMILES string of the molecule is Cc1ccc(-c2ncc[nH]2)c(F)c1F. The quantitative estimate of drug-likeness (QED) is 0.742. The van der Waals surface area contributed by atoms with Crippen LogP contribution >= 0.6 is 0 Å². The summed E-state index contributed by atoms with van der Waals surface area (Å²) in [7, 11) is 0. The Morgan fingerprint density at radius 1 is 1.21 bits per heavy atom. The summed E-state index contributed by atoms with van der Waals surface area (Å²) < 4.78 is 26.6. The van der Waals surface area contributed by atoms with Gasteiger partial charge in [-0.2, -0.15) is 0 Å². The molecule has 0 spiro atoms. The molecule has 0 bridgehead atoms. The zero-order valence-electron chi connectivity index (χ0n) is 7.51. The van der Waals surface area contributed by atoms with Gasteiger partial charge in [-0.25, -0.2) is 13.8 Å². The predicted octanol–water partition coefficient (Wildman–Crippen LogP) is 2.66. The summed E-state index contributed by atoms with van der Waals surface area (Å²) in [5.74, 6) is -1.35. The van der Waals surface area contributed by atoms with Crippen molar-refractivity contribution < 1.29 is 8.78 Å². The molecule has 0 saturated heterocycles. The number of hydrogen-bond acceptors (Lipinski definition) is 1. The van der Waals surface area contributed by atoms with Crippen LogP contribution in [0.15, 0.2) is 24.5 Å². The van der Waals surface area contributed by atoms with Gasteiger partial charge in [0.1, 0.15) is 5.82 Å². The first kappa shape index (κ1) is 8.87. The van der Waals surface area contributed by atoms with Crippen molar-refractivity contribution >= 4 is 0 Å². The smallest absolute Gasteiger partial charge is 0.170 e. The van der Waals surface area contributed by atoms with Crippen molar-refractivity contribution in [2.45, 2.75) is 6.92 Å². The van der Waals surface area contributed by atoms with Crippen LogP contribution in [0.2, 0.25) is 0 Å². The minimum absolute atomic E-state index is 0.151. The molecule has 1 aromatic carbocycles. The number of aryl methyl sites for hydroxylation is 1. The maximum absolute atomic E-state index is 13.4. The van der Waals surface area contributed by atoms with Crippen LogP contribution in [0.25, 0.3) is 11.4 Å². The number of rotatable bonds is 1. The lowest BCUT2D eigenvalue weighted by atomic mass is 10.1. The molecule has 4 heteroatoms. The lowest BCUT2D eigenvalue weighted by molar-refractivity contribution is 0.505. The second-order valence-electron chi connectivity index (χ2n) is 3.00. The van der Waals surface area contributed by atoms with Gasteiger partial charge >= 0.3 is 0 Å². The van der Waals surface area contributed by atoms with Gasteiger partial charge in [0.2, 0.25) is 0 Å². The molecule has 1 heterocycles. The highest BCUT2D eigenvalue weighted by Crippen LogP contribution is 2.22. The fraction of sp³-hybridized carbons (Fsp3) is 0.100. The highest BCUT2D eigenvalue weighted by atomic mass is 19.2. The zero-order valence-corrected chi connectivity index (χ0v) is 7.51. The van der Waals surface area contributed by atoms with E-state index in [-0.39, 0.29) is 11.1 Å². The summed E-state index contributed by atoms with van der Waals surface area (Å²) in [5.41, 5.74) is 0.441. The van der Waals surface area contributed by atoms with Crippen LogP contribution in [-0.2, 0) is 0 Å². The Labute approximate surface area is 79.6 Å². The summed E-state index contributed by atoms with van der Waals surface area (Å²) in [5, 5.41) is 0. The normalized spacial score (nSPS) is 10.5. The molecule has 0 aliphatic heterocycles. The van der Waals surface area contributed by atoms with Crippen LogP contribution in [0.1, 0.15) is 5.56 Å². The molecule has 2 aromatic rings. The third-order valence-corrected chi connectivity index (χ3v) is 2.03. The molecule has 0 unspecified atom stereocenters. The second kappa shape index (κ2) is 3.21. The average Bonchev–Trinajstić information content (AvgIpc) is 2.67. The van der Waals surface area contributed by atoms with Crippen molar-refractivity contribution in [2.75, 3.05) is 0 Å². The number of aromatic amines is 1. The highest BCUT2D eigenvalue weighted by Gasteiger charge is 2.13. The van der Waals surface area contributed by atoms with E-state index in [1.165, 1.54) is 25.3 Å². The van der Waals surface area contributed by atoms with Crippen molar-refractivity contribution in [3.63, 3.8) is 0 Å². The molecule has 0 saturated carbocycles. The van der Waals surface area contributed by atoms with E-state index >= 15 is 0 Å². The van der Waals surface area contributed by atoms with Gasteiger partial charge in [-0.1, -0.05) is 6.07 Å². The minimum atomic E-state index is -0.861. The second-order valence-corrected chi connectivity index (χ2v) is 3.00. The third kappa shape index (κ3) is 1.28. The number of nitrogens with one attached hydrogen (secondary N) is 1. The van der Waals surface area contributed by atoms with E-state index < -0.39 is 11.6 Å². The van der Waals surface area contributed by atoms with Crippen LogP contribution < -0.4 is 0 Å². The molecular formula is C10H8F2N2. The monoisotopic (exact) mass is 194 g/mol. The van der Waals surface area contributed by atoms with Crippen LogP contribution in [-0.4, -0.2) is 9.97 Å². The Bertz CT molecular complexity index is 449. The molecule has 0 aliphatic carbocycles. The zero-order chi connectivity index (χ0) is 10.1. The molecule has 1 N–H and O–H groups in total. The van der Waals surface area contributed by atoms with Crippen molar-refractivity contribution in [3.8, 4) is 11.4 Å². The van der Waals surface area contributed by atoms with Crippen LogP contribution in [0.4, 0.5) is 8.78 Å². The maximum atomic E-state index is 13.4. The number of hydrogen-bond donors (Lipinski definition) is 1. The van der Waals surface area contributed by atoms with E-state index in [1.54, 1.807) is 6.20 Å². The Morgan fingerprint density at radius 3 is 2.64 bits per heavy atom. The van der Waals surface area contributed by atoms with E-state index in [4.69, 9.17) is 0 Å². The molecule has 0 aliphatic rings. The molecule has 0 fully saturated rings. The Balaban J connectivity index is 2.61. The molecule has 0 radical (unpaired) electrons. The van der Waals surface area contributed by atoms with E-state index in [0.29, 0.717) is 5.82 Å². The molecular weight excluding hydrogens is 186 g/mol. The van der Waals surface area contributed by atoms with E-state index in [2.05, 4.69) is 9.97 Å². The summed E-state index contributed by atoms with van der Waals surface area (Å²) in [6.45, 7) is 1.52. The fourth-order valence-corrected chi connectivity index (χ4v) is 1.24. The fourth-order valence-electron chi connectivity index (χ4n) is 1.24. The lowest BCUT2D eigenvalue weighted by Gasteiger charge is -2.02. The summed E-state index contributed by atoms with van der Waals surface area (Å²) >= 11 is 0. The molecule has 0 amide bonds. The van der Waals surface area contributed by atoms with Gasteiger partial charge in [-0.05, 0) is 18.6 Å². The van der Waals surface area contributed by atoms with Crippen molar-refractivity contribution in [2.24, 2.45) is 0 Å². The van der Waals surface area contributed by atoms with Gasteiger partial charge in [-0.15, -0.1) is 0 Å². The first-order valence-electron chi connectivity index (χ1n) is 4.14. The Morgan fingerprint density at radius 2 is 2.00 bits per heavy atom. The van der Waals surface area contributed by atoms with Crippen LogP contribution in [0.5, 0.6) is 0 Å². The molecule has 2 rings (SSSR count). The number of aromatic nitrogens is 2. The van der Waals surface area contributed by atoms with Crippen LogP contribution in [0, 0.1) is 18.6 Å². The maximum Gasteiger partial charge on any atom is 0.170 e. The highest BCUT2D eigenvalue weighted by molar-refractivity contribution is 5.56. The van der Waals surface area contributed by atoms with Gasteiger partial charge in [0, 0.05) is 12.4 Å². The number of nitrogens with zero attached hydrogens (tertiary/aromatic N) is 1. The van der Waals surface area contributed by atoms with Gasteiger partial charge in [0.15, 0.2) is 11.6 Å². The summed E-state index contributed by atoms with van der Waals surface area (Å²) in [6, 6.07) is 3.03. The molecule has 14 heavy (non-hydrogen) atoms. The number of imidazole rings is 1. The van der Waals surface area contributed by atoms with Gasteiger partial charge < -0.3 is 4.98 Å². The number of H-pyrrole nitrogens is 1. The Hall–Kier alpha value is -1.71. The van der Waals surface area contributed by atoms with E-state index in [0.717, 1.165) is 0 Å². The predicted molar refractivity (Wildman–Crippen MR) is 48.7 cm³/mol. The number of benzene rings is 1.